The zero-order chi connectivity index (χ0) is 18.4. The summed E-state index contributed by atoms with van der Waals surface area (Å²) in [5, 5.41) is 12.0. The van der Waals surface area contributed by atoms with Crippen LogP contribution in [0, 0.1) is 6.92 Å². The molecule has 0 bridgehead atoms. The molecule has 0 fully saturated rings. The van der Waals surface area contributed by atoms with Gasteiger partial charge in [-0.25, -0.2) is 4.79 Å². The second kappa shape index (κ2) is 8.28. The number of rotatable bonds is 7. The summed E-state index contributed by atoms with van der Waals surface area (Å²) in [5.74, 6) is -1.63. The van der Waals surface area contributed by atoms with Crippen LogP contribution >= 0.6 is 0 Å². The molecule has 2 atom stereocenters. The van der Waals surface area contributed by atoms with Crippen molar-refractivity contribution < 1.29 is 14.7 Å². The van der Waals surface area contributed by atoms with Gasteiger partial charge in [0.25, 0.3) is 5.56 Å². The van der Waals surface area contributed by atoms with Gasteiger partial charge in [0.15, 0.2) is 6.04 Å². The van der Waals surface area contributed by atoms with E-state index in [-0.39, 0.29) is 5.56 Å². The Bertz CT molecular complexity index is 799. The third-order valence-corrected chi connectivity index (χ3v) is 3.97. The first-order valence-electron chi connectivity index (χ1n) is 8.21. The first-order chi connectivity index (χ1) is 11.9. The number of amides is 1. The van der Waals surface area contributed by atoms with Gasteiger partial charge in [-0.05, 0) is 30.5 Å². The lowest BCUT2D eigenvalue weighted by Gasteiger charge is -2.22. The molecular weight excluding hydrogens is 320 g/mol. The molecule has 6 nitrogen and oxygen atoms in total. The highest BCUT2D eigenvalue weighted by molar-refractivity contribution is 5.86. The summed E-state index contributed by atoms with van der Waals surface area (Å²) in [4.78, 5) is 36.5. The lowest BCUT2D eigenvalue weighted by atomic mass is 10.1. The number of hydrogen-bond donors (Lipinski definition) is 2. The van der Waals surface area contributed by atoms with Crippen LogP contribution in [0.15, 0.2) is 53.5 Å². The van der Waals surface area contributed by atoms with Gasteiger partial charge >= 0.3 is 5.97 Å². The summed E-state index contributed by atoms with van der Waals surface area (Å²) in [7, 11) is 0. The minimum Gasteiger partial charge on any atom is -0.479 e. The van der Waals surface area contributed by atoms with Crippen LogP contribution in [-0.4, -0.2) is 21.6 Å². The van der Waals surface area contributed by atoms with E-state index in [0.29, 0.717) is 18.4 Å². The van der Waals surface area contributed by atoms with Crippen LogP contribution in [0.2, 0.25) is 0 Å². The highest BCUT2D eigenvalue weighted by Crippen LogP contribution is 2.17. The molecule has 0 saturated heterocycles. The van der Waals surface area contributed by atoms with Gasteiger partial charge < -0.3 is 15.0 Å². The molecular formula is C19H22N2O4. The quantitative estimate of drug-likeness (QED) is 0.809. The Labute approximate surface area is 146 Å². The smallest absolute Gasteiger partial charge is 0.330 e. The molecule has 0 radical (unpaired) electrons. The normalized spacial score (nSPS) is 13.0. The number of aliphatic carboxylic acids is 1. The largest absolute Gasteiger partial charge is 0.479 e. The van der Waals surface area contributed by atoms with E-state index in [1.165, 1.54) is 10.6 Å². The molecule has 1 amide bonds. The van der Waals surface area contributed by atoms with Crippen molar-refractivity contribution in [2.75, 3.05) is 0 Å². The third kappa shape index (κ3) is 4.56. The molecule has 0 spiro atoms. The fourth-order valence-electron chi connectivity index (χ4n) is 2.69. The zero-order valence-electron chi connectivity index (χ0n) is 14.3. The average molecular weight is 342 g/mol. The minimum absolute atomic E-state index is 0.278. The van der Waals surface area contributed by atoms with Crippen LogP contribution in [0.4, 0.5) is 0 Å². The Kier molecular flexibility index (Phi) is 6.11. The van der Waals surface area contributed by atoms with Crippen LogP contribution in [0.25, 0.3) is 0 Å². The fourth-order valence-corrected chi connectivity index (χ4v) is 2.69. The number of nitrogens with one attached hydrogen (secondary N) is 1. The summed E-state index contributed by atoms with van der Waals surface area (Å²) in [5.41, 5.74) is 1.01. The maximum Gasteiger partial charge on any atom is 0.330 e. The maximum absolute atomic E-state index is 12.7. The third-order valence-electron chi connectivity index (χ3n) is 3.97. The molecule has 25 heavy (non-hydrogen) atoms. The average Bonchev–Trinajstić information content (AvgIpc) is 2.58. The van der Waals surface area contributed by atoms with Gasteiger partial charge in [-0.2, -0.15) is 0 Å². The van der Waals surface area contributed by atoms with Gasteiger partial charge in [0.05, 0.1) is 0 Å². The van der Waals surface area contributed by atoms with E-state index < -0.39 is 24.0 Å². The molecule has 0 aliphatic heterocycles. The summed E-state index contributed by atoms with van der Waals surface area (Å²) in [6, 6.07) is 9.80. The molecule has 2 unspecified atom stereocenters. The molecule has 132 valence electrons. The number of aryl methyl sites for hydroxylation is 1. The van der Waals surface area contributed by atoms with Crippen molar-refractivity contribution in [1.82, 2.24) is 9.88 Å². The highest BCUT2D eigenvalue weighted by atomic mass is 16.4. The molecule has 0 aliphatic rings. The Morgan fingerprint density at radius 3 is 2.44 bits per heavy atom. The van der Waals surface area contributed by atoms with Crippen molar-refractivity contribution in [3.63, 3.8) is 0 Å². The van der Waals surface area contributed by atoms with E-state index in [0.717, 1.165) is 5.56 Å². The second-order valence-electron chi connectivity index (χ2n) is 5.94. The number of pyridine rings is 1. The molecule has 1 aromatic heterocycles. The molecule has 2 rings (SSSR count). The molecule has 1 aromatic carbocycles. The molecule has 1 heterocycles. The van der Waals surface area contributed by atoms with Crippen LogP contribution in [0.3, 0.4) is 0 Å². The standard InChI is InChI=1S/C19H22N2O4/c1-3-7-15(21-11-10-13(2)12-16(21)22)18(23)20-17(19(24)25)14-8-5-4-6-9-14/h4-6,8-12,15,17H,3,7H2,1-2H3,(H,20,23)(H,24,25). The lowest BCUT2D eigenvalue weighted by Crippen LogP contribution is -2.41. The predicted molar refractivity (Wildman–Crippen MR) is 94.3 cm³/mol. The summed E-state index contributed by atoms with van der Waals surface area (Å²) in [6.45, 7) is 3.71. The van der Waals surface area contributed by atoms with E-state index in [9.17, 15) is 19.5 Å². The number of benzene rings is 1. The topological polar surface area (TPSA) is 88.4 Å². The van der Waals surface area contributed by atoms with Crippen molar-refractivity contribution in [3.05, 3.63) is 70.1 Å². The molecule has 0 aliphatic carbocycles. The van der Waals surface area contributed by atoms with E-state index in [4.69, 9.17) is 0 Å². The number of carboxylic acid groups (broad SMARTS) is 1. The van der Waals surface area contributed by atoms with Crippen molar-refractivity contribution in [3.8, 4) is 0 Å². The predicted octanol–water partition coefficient (Wildman–Crippen LogP) is 2.44. The summed E-state index contributed by atoms with van der Waals surface area (Å²) < 4.78 is 1.36. The Balaban J connectivity index is 2.30. The highest BCUT2D eigenvalue weighted by Gasteiger charge is 2.27. The Morgan fingerprint density at radius 2 is 1.88 bits per heavy atom. The minimum atomic E-state index is -1.16. The first kappa shape index (κ1) is 18.4. The van der Waals surface area contributed by atoms with E-state index in [2.05, 4.69) is 5.32 Å². The first-order valence-corrected chi connectivity index (χ1v) is 8.21. The SMILES string of the molecule is CCCC(C(=O)NC(C(=O)O)c1ccccc1)n1ccc(C)cc1=O. The number of aromatic nitrogens is 1. The summed E-state index contributed by atoms with van der Waals surface area (Å²) in [6.07, 6.45) is 2.70. The molecule has 6 heteroatoms. The van der Waals surface area contributed by atoms with E-state index in [1.807, 2.05) is 6.92 Å². The second-order valence-corrected chi connectivity index (χ2v) is 5.94. The zero-order valence-corrected chi connectivity index (χ0v) is 14.3. The number of carboxylic acids is 1. The number of carbonyl (C=O) groups is 2. The van der Waals surface area contributed by atoms with Gasteiger partial charge in [0.1, 0.15) is 6.04 Å². The Hall–Kier alpha value is -2.89. The van der Waals surface area contributed by atoms with Crippen molar-refractivity contribution in [2.45, 2.75) is 38.8 Å². The molecule has 2 aromatic rings. The van der Waals surface area contributed by atoms with E-state index >= 15 is 0 Å². The van der Waals surface area contributed by atoms with Gasteiger partial charge in [0, 0.05) is 12.3 Å². The van der Waals surface area contributed by atoms with Crippen LogP contribution in [0.5, 0.6) is 0 Å². The maximum atomic E-state index is 12.7. The van der Waals surface area contributed by atoms with Gasteiger partial charge in [-0.15, -0.1) is 0 Å². The van der Waals surface area contributed by atoms with Crippen LogP contribution in [0.1, 0.15) is 43.0 Å². The fraction of sp³-hybridized carbons (Fsp3) is 0.316. The monoisotopic (exact) mass is 342 g/mol. The number of hydrogen-bond acceptors (Lipinski definition) is 3. The molecule has 0 saturated carbocycles. The van der Waals surface area contributed by atoms with Gasteiger partial charge in [0.2, 0.25) is 5.91 Å². The van der Waals surface area contributed by atoms with Gasteiger partial charge in [-0.3, -0.25) is 9.59 Å². The molecule has 2 N–H and O–H groups in total. The number of nitrogens with zero attached hydrogens (tertiary/aromatic N) is 1. The van der Waals surface area contributed by atoms with Crippen molar-refractivity contribution in [2.24, 2.45) is 0 Å². The van der Waals surface area contributed by atoms with Crippen LogP contribution in [-0.2, 0) is 9.59 Å². The Morgan fingerprint density at radius 1 is 1.20 bits per heavy atom. The summed E-state index contributed by atoms with van der Waals surface area (Å²) >= 11 is 0. The lowest BCUT2D eigenvalue weighted by molar-refractivity contribution is -0.142. The van der Waals surface area contributed by atoms with Crippen molar-refractivity contribution in [1.29, 1.82) is 0 Å². The van der Waals surface area contributed by atoms with Crippen LogP contribution < -0.4 is 10.9 Å². The van der Waals surface area contributed by atoms with Crippen molar-refractivity contribution >= 4 is 11.9 Å². The van der Waals surface area contributed by atoms with Gasteiger partial charge in [-0.1, -0.05) is 43.7 Å². The number of carbonyl (C=O) groups excluding carboxylic acids is 1. The van der Waals surface area contributed by atoms with E-state index in [1.54, 1.807) is 49.5 Å².